The van der Waals surface area contributed by atoms with Gasteiger partial charge in [0, 0.05) is 36.6 Å². The molecule has 0 bridgehead atoms. The van der Waals surface area contributed by atoms with Crippen LogP contribution in [-0.2, 0) is 30.7 Å². The number of nitrogens with zero attached hydrogens (tertiary/aromatic N) is 2. The fourth-order valence-corrected chi connectivity index (χ4v) is 6.95. The van der Waals surface area contributed by atoms with E-state index in [1.54, 1.807) is 70.6 Å². The Bertz CT molecular complexity index is 1380. The van der Waals surface area contributed by atoms with Crippen LogP contribution < -0.4 is 11.5 Å². The van der Waals surface area contributed by atoms with Crippen molar-refractivity contribution in [3.8, 4) is 0 Å². The number of allylic oxidation sites excluding steroid dienone is 1. The van der Waals surface area contributed by atoms with Crippen molar-refractivity contribution in [2.45, 2.75) is 80.3 Å². The number of piperidine rings is 1. The van der Waals surface area contributed by atoms with Gasteiger partial charge < -0.3 is 21.2 Å². The third-order valence-corrected chi connectivity index (χ3v) is 9.68. The second kappa shape index (κ2) is 14.9. The highest BCUT2D eigenvalue weighted by Crippen LogP contribution is 2.36. The SMILES string of the molecule is NC(CC/C=C/S(=O)(=O)c1ccccc1)C[C@@]1(C(=O)ON2CCCCC2)CCCN1C(=O)[C@@H](N)Cc1ccc(C=O)cc1. The van der Waals surface area contributed by atoms with Crippen molar-refractivity contribution < 1.29 is 27.6 Å². The average molecular weight is 611 g/mol. The van der Waals surface area contributed by atoms with Gasteiger partial charge in [-0.25, -0.2) is 13.2 Å². The molecule has 43 heavy (non-hydrogen) atoms. The average Bonchev–Trinajstić information content (AvgIpc) is 3.44. The summed E-state index contributed by atoms with van der Waals surface area (Å²) in [7, 11) is -3.57. The number of benzene rings is 2. The highest BCUT2D eigenvalue weighted by atomic mass is 32.2. The molecule has 1 amide bonds. The number of carbonyl (C=O) groups is 3. The van der Waals surface area contributed by atoms with Crippen LogP contribution in [0, 0.1) is 0 Å². The lowest BCUT2D eigenvalue weighted by molar-refractivity contribution is -0.208. The van der Waals surface area contributed by atoms with Gasteiger partial charge in [-0.2, -0.15) is 0 Å². The van der Waals surface area contributed by atoms with Gasteiger partial charge in [-0.05, 0) is 69.1 Å². The first-order valence-electron chi connectivity index (χ1n) is 15.0. The Labute approximate surface area is 253 Å². The van der Waals surface area contributed by atoms with Crippen LogP contribution in [0.25, 0.3) is 0 Å². The Morgan fingerprint density at radius 3 is 2.33 bits per heavy atom. The van der Waals surface area contributed by atoms with E-state index in [0.717, 1.165) is 31.1 Å². The van der Waals surface area contributed by atoms with Gasteiger partial charge in [0.25, 0.3) is 0 Å². The molecule has 2 aliphatic heterocycles. The van der Waals surface area contributed by atoms with Crippen LogP contribution in [0.4, 0.5) is 0 Å². The van der Waals surface area contributed by atoms with Gasteiger partial charge in [-0.3, -0.25) is 9.59 Å². The van der Waals surface area contributed by atoms with E-state index in [1.165, 1.54) is 5.41 Å². The molecule has 232 valence electrons. The van der Waals surface area contributed by atoms with Crippen LogP contribution in [0.5, 0.6) is 0 Å². The molecule has 0 saturated carbocycles. The van der Waals surface area contributed by atoms with Gasteiger partial charge in [0.1, 0.15) is 11.8 Å². The number of sulfone groups is 1. The van der Waals surface area contributed by atoms with Crippen molar-refractivity contribution in [1.29, 1.82) is 0 Å². The molecule has 2 heterocycles. The number of rotatable bonds is 13. The lowest BCUT2D eigenvalue weighted by Gasteiger charge is -2.40. The quantitative estimate of drug-likeness (QED) is 0.326. The predicted octanol–water partition coefficient (Wildman–Crippen LogP) is 3.16. The summed E-state index contributed by atoms with van der Waals surface area (Å²) < 4.78 is 25.1. The van der Waals surface area contributed by atoms with E-state index in [-0.39, 0.29) is 23.6 Å². The molecule has 2 aromatic carbocycles. The fourth-order valence-electron chi connectivity index (χ4n) is 5.87. The zero-order valence-corrected chi connectivity index (χ0v) is 25.3. The van der Waals surface area contributed by atoms with E-state index < -0.39 is 33.4 Å². The van der Waals surface area contributed by atoms with E-state index in [2.05, 4.69) is 0 Å². The van der Waals surface area contributed by atoms with Gasteiger partial charge in [0.15, 0.2) is 9.84 Å². The first-order chi connectivity index (χ1) is 20.6. The summed E-state index contributed by atoms with van der Waals surface area (Å²) in [6.45, 7) is 1.63. The number of hydrogen-bond acceptors (Lipinski definition) is 9. The summed E-state index contributed by atoms with van der Waals surface area (Å²) in [5.74, 6) is -0.853. The van der Waals surface area contributed by atoms with Crippen molar-refractivity contribution >= 4 is 28.0 Å². The highest BCUT2D eigenvalue weighted by molar-refractivity contribution is 7.94. The topological polar surface area (TPSA) is 153 Å². The van der Waals surface area contributed by atoms with Gasteiger partial charge >= 0.3 is 5.97 Å². The van der Waals surface area contributed by atoms with E-state index in [4.69, 9.17) is 16.3 Å². The molecule has 11 heteroatoms. The standard InChI is InChI=1S/C32H42N4O6S/c33-27(10-5-8-21-43(40,41)28-11-3-1-4-12-28)23-32(31(39)42-35-18-6-2-7-19-35)17-9-20-36(32)30(38)29(34)22-25-13-15-26(24-37)16-14-25/h1,3-4,8,11-16,21,24,27,29H,2,5-7,9-10,17-20,22-23,33-34H2/b21-8+/t27?,29-,32+/m0/s1. The Kier molecular flexibility index (Phi) is 11.3. The molecule has 2 saturated heterocycles. The molecular formula is C32H42N4O6S. The van der Waals surface area contributed by atoms with Crippen molar-refractivity contribution in [2.75, 3.05) is 19.6 Å². The monoisotopic (exact) mass is 610 g/mol. The number of hydroxylamine groups is 2. The third kappa shape index (κ3) is 8.38. The Hall–Kier alpha value is -3.38. The first kappa shape index (κ1) is 32.5. The fraction of sp³-hybridized carbons (Fsp3) is 0.469. The van der Waals surface area contributed by atoms with Crippen LogP contribution in [0.2, 0.25) is 0 Å². The van der Waals surface area contributed by atoms with E-state index in [0.29, 0.717) is 50.9 Å². The minimum absolute atomic E-state index is 0.172. The molecule has 10 nitrogen and oxygen atoms in total. The smallest absolute Gasteiger partial charge is 0.350 e. The number of aldehydes is 1. The maximum Gasteiger partial charge on any atom is 0.350 e. The minimum atomic E-state index is -3.57. The van der Waals surface area contributed by atoms with Crippen LogP contribution in [0.1, 0.15) is 67.3 Å². The molecule has 0 aliphatic carbocycles. The molecule has 0 radical (unpaired) electrons. The summed E-state index contributed by atoms with van der Waals surface area (Å²) in [5.41, 5.74) is 13.0. The summed E-state index contributed by atoms with van der Waals surface area (Å²) in [6, 6.07) is 13.7. The zero-order chi connectivity index (χ0) is 30.9. The molecule has 0 aromatic heterocycles. The van der Waals surface area contributed by atoms with Crippen molar-refractivity contribution in [3.05, 3.63) is 77.2 Å². The number of nitrogens with two attached hydrogens (primary N) is 2. The predicted molar refractivity (Wildman–Crippen MR) is 163 cm³/mol. The Morgan fingerprint density at radius 1 is 0.953 bits per heavy atom. The van der Waals surface area contributed by atoms with Gasteiger partial charge in [-0.1, -0.05) is 55.0 Å². The lowest BCUT2D eigenvalue weighted by atomic mass is 9.86. The lowest BCUT2D eigenvalue weighted by Crippen LogP contribution is -2.60. The number of amides is 1. The van der Waals surface area contributed by atoms with Crippen molar-refractivity contribution in [3.63, 3.8) is 0 Å². The van der Waals surface area contributed by atoms with Crippen LogP contribution in [-0.4, -0.2) is 73.8 Å². The van der Waals surface area contributed by atoms with Crippen molar-refractivity contribution in [2.24, 2.45) is 11.5 Å². The maximum absolute atomic E-state index is 13.9. The summed E-state index contributed by atoms with van der Waals surface area (Å²) >= 11 is 0. The molecule has 4 N–H and O–H groups in total. The third-order valence-electron chi connectivity index (χ3n) is 8.20. The van der Waals surface area contributed by atoms with E-state index in [9.17, 15) is 22.8 Å². The number of hydrogen-bond donors (Lipinski definition) is 2. The van der Waals surface area contributed by atoms with E-state index in [1.807, 2.05) is 0 Å². The second-order valence-electron chi connectivity index (χ2n) is 11.4. The summed E-state index contributed by atoms with van der Waals surface area (Å²) in [5, 5.41) is 2.85. The highest BCUT2D eigenvalue weighted by Gasteiger charge is 2.53. The number of likely N-dealkylation sites (tertiary alicyclic amines) is 1. The molecule has 2 aliphatic rings. The van der Waals surface area contributed by atoms with Crippen LogP contribution in [0.3, 0.4) is 0 Å². The Balaban J connectivity index is 1.47. The molecule has 3 atom stereocenters. The van der Waals surface area contributed by atoms with E-state index >= 15 is 0 Å². The normalized spacial score (nSPS) is 21.0. The summed E-state index contributed by atoms with van der Waals surface area (Å²) in [4.78, 5) is 46.3. The zero-order valence-electron chi connectivity index (χ0n) is 24.5. The largest absolute Gasteiger partial charge is 0.366 e. The molecule has 0 spiro atoms. The minimum Gasteiger partial charge on any atom is -0.366 e. The summed E-state index contributed by atoms with van der Waals surface area (Å²) in [6.07, 6.45) is 7.47. The maximum atomic E-state index is 13.9. The van der Waals surface area contributed by atoms with Crippen molar-refractivity contribution in [1.82, 2.24) is 9.96 Å². The molecule has 4 rings (SSSR count). The molecule has 2 fully saturated rings. The van der Waals surface area contributed by atoms with Gasteiger partial charge in [0.05, 0.1) is 10.9 Å². The van der Waals surface area contributed by atoms with Crippen LogP contribution in [0.15, 0.2) is 71.0 Å². The number of carbonyl (C=O) groups excluding carboxylic acids is 3. The van der Waals surface area contributed by atoms with Gasteiger partial charge in [-0.15, -0.1) is 5.06 Å². The van der Waals surface area contributed by atoms with Crippen LogP contribution >= 0.6 is 0 Å². The molecular weight excluding hydrogens is 568 g/mol. The van der Waals surface area contributed by atoms with Gasteiger partial charge in [0.2, 0.25) is 5.91 Å². The Morgan fingerprint density at radius 2 is 1.65 bits per heavy atom. The molecule has 1 unspecified atom stereocenters. The second-order valence-corrected chi connectivity index (χ2v) is 13.3. The first-order valence-corrected chi connectivity index (χ1v) is 16.5. The molecule has 2 aromatic rings.